The second-order valence-corrected chi connectivity index (χ2v) is 5.68. The summed E-state index contributed by atoms with van der Waals surface area (Å²) in [7, 11) is 1.36. The van der Waals surface area contributed by atoms with Gasteiger partial charge >= 0.3 is 11.9 Å². The maximum atomic E-state index is 12.4. The van der Waals surface area contributed by atoms with Gasteiger partial charge in [0.1, 0.15) is 0 Å². The fraction of sp³-hybridized carbons (Fsp3) is 0.867. The van der Waals surface area contributed by atoms with Crippen LogP contribution in [0.1, 0.15) is 45.4 Å². The molecule has 1 saturated heterocycles. The van der Waals surface area contributed by atoms with Crippen LogP contribution in [0.25, 0.3) is 0 Å². The van der Waals surface area contributed by atoms with Gasteiger partial charge in [-0.05, 0) is 26.2 Å². The van der Waals surface area contributed by atoms with Crippen LogP contribution in [0.4, 0.5) is 0 Å². The van der Waals surface area contributed by atoms with Crippen molar-refractivity contribution in [2.24, 2.45) is 5.41 Å². The second kappa shape index (κ2) is 6.75. The van der Waals surface area contributed by atoms with Crippen LogP contribution in [0, 0.1) is 5.41 Å². The summed E-state index contributed by atoms with van der Waals surface area (Å²) in [5, 5.41) is 0. The van der Waals surface area contributed by atoms with Gasteiger partial charge in [-0.1, -0.05) is 0 Å². The molecule has 1 aliphatic carbocycles. The average molecular weight is 300 g/mol. The van der Waals surface area contributed by atoms with E-state index in [1.165, 1.54) is 7.11 Å². The highest BCUT2D eigenvalue weighted by Crippen LogP contribution is 2.47. The van der Waals surface area contributed by atoms with E-state index >= 15 is 0 Å². The summed E-state index contributed by atoms with van der Waals surface area (Å²) in [6.07, 6.45) is 3.23. The Bertz CT molecular complexity index is 376. The molecule has 2 fully saturated rings. The Hall–Kier alpha value is -1.14. The molecule has 0 unspecified atom stereocenters. The summed E-state index contributed by atoms with van der Waals surface area (Å²) in [6.45, 7) is 3.35. The highest BCUT2D eigenvalue weighted by molar-refractivity contribution is 5.78. The van der Waals surface area contributed by atoms with Crippen molar-refractivity contribution in [2.45, 2.75) is 51.2 Å². The first kappa shape index (κ1) is 16.2. The topological polar surface area (TPSA) is 71.1 Å². The summed E-state index contributed by atoms with van der Waals surface area (Å²) in [4.78, 5) is 23.8. The molecule has 1 heterocycles. The van der Waals surface area contributed by atoms with Crippen molar-refractivity contribution >= 4 is 11.9 Å². The molecular weight excluding hydrogens is 276 g/mol. The van der Waals surface area contributed by atoms with Crippen molar-refractivity contribution in [3.05, 3.63) is 0 Å². The minimum atomic E-state index is -0.620. The lowest BCUT2D eigenvalue weighted by Crippen LogP contribution is -2.44. The van der Waals surface area contributed by atoms with Crippen LogP contribution in [-0.2, 0) is 28.5 Å². The van der Waals surface area contributed by atoms with E-state index < -0.39 is 11.2 Å². The third-order valence-electron chi connectivity index (χ3n) is 4.53. The van der Waals surface area contributed by atoms with Crippen molar-refractivity contribution in [1.29, 1.82) is 0 Å². The van der Waals surface area contributed by atoms with Crippen molar-refractivity contribution in [1.82, 2.24) is 0 Å². The quantitative estimate of drug-likeness (QED) is 0.721. The number of carbonyl (C=O) groups is 2. The summed E-state index contributed by atoms with van der Waals surface area (Å²) >= 11 is 0. The van der Waals surface area contributed by atoms with Crippen LogP contribution in [0.5, 0.6) is 0 Å². The molecule has 1 spiro atoms. The largest absolute Gasteiger partial charge is 0.469 e. The van der Waals surface area contributed by atoms with Gasteiger partial charge < -0.3 is 18.9 Å². The van der Waals surface area contributed by atoms with Gasteiger partial charge in [-0.2, -0.15) is 0 Å². The molecule has 120 valence electrons. The summed E-state index contributed by atoms with van der Waals surface area (Å²) in [5.41, 5.74) is -0.620. The molecular formula is C15H24O6. The van der Waals surface area contributed by atoms with Crippen LogP contribution < -0.4 is 0 Å². The van der Waals surface area contributed by atoms with E-state index in [0.717, 1.165) is 0 Å². The van der Waals surface area contributed by atoms with Crippen LogP contribution in [0.3, 0.4) is 0 Å². The molecule has 0 aromatic heterocycles. The lowest BCUT2D eigenvalue weighted by molar-refractivity contribution is -0.200. The first-order valence-corrected chi connectivity index (χ1v) is 7.58. The van der Waals surface area contributed by atoms with E-state index in [0.29, 0.717) is 51.9 Å². The predicted molar refractivity (Wildman–Crippen MR) is 73.4 cm³/mol. The fourth-order valence-corrected chi connectivity index (χ4v) is 3.18. The van der Waals surface area contributed by atoms with Gasteiger partial charge in [0.2, 0.25) is 0 Å². The Labute approximate surface area is 125 Å². The van der Waals surface area contributed by atoms with E-state index in [2.05, 4.69) is 4.74 Å². The molecule has 0 bridgehead atoms. The maximum absolute atomic E-state index is 12.4. The molecule has 1 aliphatic heterocycles. The van der Waals surface area contributed by atoms with Gasteiger partial charge in [0.25, 0.3) is 0 Å². The molecule has 6 nitrogen and oxygen atoms in total. The van der Waals surface area contributed by atoms with E-state index in [-0.39, 0.29) is 18.4 Å². The van der Waals surface area contributed by atoms with Gasteiger partial charge in [-0.25, -0.2) is 0 Å². The normalized spacial score (nSPS) is 23.0. The van der Waals surface area contributed by atoms with E-state index in [4.69, 9.17) is 14.2 Å². The molecule has 1 saturated carbocycles. The molecule has 2 rings (SSSR count). The zero-order valence-corrected chi connectivity index (χ0v) is 12.8. The van der Waals surface area contributed by atoms with Crippen LogP contribution >= 0.6 is 0 Å². The number of carbonyl (C=O) groups excluding carboxylic acids is 2. The Kier molecular flexibility index (Phi) is 5.22. The Morgan fingerprint density at radius 3 is 2.24 bits per heavy atom. The number of esters is 2. The summed E-state index contributed by atoms with van der Waals surface area (Å²) in [6, 6.07) is 0. The SMILES string of the molecule is CCOC(=O)C1(CCC(=O)OC)CCC2(CC1)OCCO2. The Morgan fingerprint density at radius 1 is 1.10 bits per heavy atom. The van der Waals surface area contributed by atoms with Crippen molar-refractivity contribution in [3.8, 4) is 0 Å². The van der Waals surface area contributed by atoms with E-state index in [9.17, 15) is 9.59 Å². The first-order valence-electron chi connectivity index (χ1n) is 7.58. The second-order valence-electron chi connectivity index (χ2n) is 5.68. The summed E-state index contributed by atoms with van der Waals surface area (Å²) < 4.78 is 21.3. The third kappa shape index (κ3) is 3.55. The van der Waals surface area contributed by atoms with Gasteiger partial charge in [0.15, 0.2) is 5.79 Å². The molecule has 21 heavy (non-hydrogen) atoms. The Balaban J connectivity index is 2.03. The van der Waals surface area contributed by atoms with Crippen LogP contribution in [0.15, 0.2) is 0 Å². The van der Waals surface area contributed by atoms with Crippen molar-refractivity contribution in [2.75, 3.05) is 26.9 Å². The highest BCUT2D eigenvalue weighted by atomic mass is 16.7. The standard InChI is InChI=1S/C15H24O6/c1-3-19-13(17)14(5-4-12(16)18-2)6-8-15(9-7-14)20-10-11-21-15/h3-11H2,1-2H3. The van der Waals surface area contributed by atoms with E-state index in [1.807, 2.05) is 0 Å². The number of methoxy groups -OCH3 is 1. The van der Waals surface area contributed by atoms with Gasteiger partial charge in [0.05, 0.1) is 32.3 Å². The Morgan fingerprint density at radius 2 is 1.71 bits per heavy atom. The molecule has 0 atom stereocenters. The number of hydrogen-bond donors (Lipinski definition) is 0. The lowest BCUT2D eigenvalue weighted by atomic mass is 9.69. The molecule has 2 aliphatic rings. The molecule has 6 heteroatoms. The molecule has 0 N–H and O–H groups in total. The lowest BCUT2D eigenvalue weighted by Gasteiger charge is -2.41. The smallest absolute Gasteiger partial charge is 0.312 e. The molecule has 0 aromatic rings. The maximum Gasteiger partial charge on any atom is 0.312 e. The molecule has 0 aromatic carbocycles. The van der Waals surface area contributed by atoms with Gasteiger partial charge in [-0.3, -0.25) is 9.59 Å². The number of rotatable bonds is 5. The molecule has 0 radical (unpaired) electrons. The van der Waals surface area contributed by atoms with Gasteiger partial charge in [0, 0.05) is 19.3 Å². The van der Waals surface area contributed by atoms with Crippen LogP contribution in [-0.4, -0.2) is 44.7 Å². The minimum absolute atomic E-state index is 0.221. The van der Waals surface area contributed by atoms with E-state index in [1.54, 1.807) is 6.92 Å². The van der Waals surface area contributed by atoms with Crippen LogP contribution in [0.2, 0.25) is 0 Å². The monoisotopic (exact) mass is 300 g/mol. The summed E-state index contributed by atoms with van der Waals surface area (Å²) in [5.74, 6) is -1.05. The zero-order valence-electron chi connectivity index (χ0n) is 12.8. The number of ether oxygens (including phenoxy) is 4. The third-order valence-corrected chi connectivity index (χ3v) is 4.53. The first-order chi connectivity index (χ1) is 10.1. The van der Waals surface area contributed by atoms with Crippen molar-refractivity contribution < 1.29 is 28.5 Å². The predicted octanol–water partition coefficient (Wildman–Crippen LogP) is 1.81. The zero-order chi connectivity index (χ0) is 15.3. The molecule has 0 amide bonds. The fourth-order valence-electron chi connectivity index (χ4n) is 3.18. The van der Waals surface area contributed by atoms with Crippen molar-refractivity contribution in [3.63, 3.8) is 0 Å². The highest BCUT2D eigenvalue weighted by Gasteiger charge is 2.50. The number of hydrogen-bond acceptors (Lipinski definition) is 6. The van der Waals surface area contributed by atoms with Gasteiger partial charge in [-0.15, -0.1) is 0 Å². The minimum Gasteiger partial charge on any atom is -0.469 e. The average Bonchev–Trinajstić information content (AvgIpc) is 2.95.